The molecule has 1 saturated heterocycles. The maximum absolute atomic E-state index is 14.9. The van der Waals surface area contributed by atoms with Crippen molar-refractivity contribution in [2.75, 3.05) is 32.2 Å². The lowest BCUT2D eigenvalue weighted by Crippen LogP contribution is -2.14. The number of hydrogen-bond donors (Lipinski definition) is 1. The van der Waals surface area contributed by atoms with Gasteiger partial charge in [0.05, 0.1) is 37.6 Å². The van der Waals surface area contributed by atoms with Crippen LogP contribution < -0.4 is 14.8 Å². The van der Waals surface area contributed by atoms with Crippen molar-refractivity contribution in [3.63, 3.8) is 0 Å². The second-order valence-corrected chi connectivity index (χ2v) is 8.34. The molecule has 0 aromatic carbocycles. The highest BCUT2D eigenvalue weighted by atomic mass is 35.5. The van der Waals surface area contributed by atoms with E-state index in [2.05, 4.69) is 25.5 Å². The van der Waals surface area contributed by atoms with E-state index in [9.17, 15) is 9.18 Å². The Morgan fingerprint density at radius 2 is 2.22 bits per heavy atom. The quantitative estimate of drug-likeness (QED) is 0.510. The predicted molar refractivity (Wildman–Crippen MR) is 116 cm³/mol. The van der Waals surface area contributed by atoms with E-state index in [1.165, 1.54) is 19.5 Å². The van der Waals surface area contributed by atoms with E-state index in [4.69, 9.17) is 25.8 Å². The number of halogens is 2. The molecule has 1 atom stereocenters. The number of pyridine rings is 2. The standard InChI is InChI=1S/C20H19ClFN5O4S/c1-10-5-12(15-14(29-2)7-24-17(21)16(15)22)13(6-23-10)18(28)25-19-26-27-20(32-19)31-9-11-3-4-30-8-11/h5-7,11H,3-4,8-9H2,1-2H3,(H,25,26,28)/t11-/m1/s1. The highest BCUT2D eigenvalue weighted by molar-refractivity contribution is 7.17. The summed E-state index contributed by atoms with van der Waals surface area (Å²) in [5, 5.41) is 10.8. The second kappa shape index (κ2) is 9.72. The lowest BCUT2D eigenvalue weighted by atomic mass is 10.00. The highest BCUT2D eigenvalue weighted by Gasteiger charge is 2.24. The van der Waals surface area contributed by atoms with Gasteiger partial charge in [-0.1, -0.05) is 16.7 Å². The third-order valence-corrected chi connectivity index (χ3v) is 5.82. The molecule has 0 spiro atoms. The molecule has 3 aromatic rings. The SMILES string of the molecule is COc1cnc(Cl)c(F)c1-c1cc(C)ncc1C(=O)Nc1nnc(OC[C@@H]2CCOC2)s1. The first-order chi connectivity index (χ1) is 15.5. The van der Waals surface area contributed by atoms with Crippen molar-refractivity contribution in [3.05, 3.63) is 40.7 Å². The van der Waals surface area contributed by atoms with E-state index in [-0.39, 0.29) is 32.7 Å². The molecule has 32 heavy (non-hydrogen) atoms. The number of ether oxygens (including phenoxy) is 3. The number of hydrogen-bond acceptors (Lipinski definition) is 9. The molecule has 1 fully saturated rings. The van der Waals surface area contributed by atoms with Crippen LogP contribution >= 0.6 is 22.9 Å². The van der Waals surface area contributed by atoms with E-state index < -0.39 is 11.7 Å². The Hall–Kier alpha value is -2.89. The number of nitrogens with zero attached hydrogens (tertiary/aromatic N) is 4. The molecule has 1 amide bonds. The van der Waals surface area contributed by atoms with Gasteiger partial charge in [0, 0.05) is 30.0 Å². The van der Waals surface area contributed by atoms with Gasteiger partial charge in [0.15, 0.2) is 11.0 Å². The Balaban J connectivity index is 1.57. The number of carbonyl (C=O) groups excluding carboxylic acids is 1. The topological polar surface area (TPSA) is 108 Å². The maximum Gasteiger partial charge on any atom is 0.295 e. The van der Waals surface area contributed by atoms with Gasteiger partial charge in [-0.15, -0.1) is 5.10 Å². The molecule has 168 valence electrons. The van der Waals surface area contributed by atoms with Crippen LogP contribution in [0.1, 0.15) is 22.5 Å². The van der Waals surface area contributed by atoms with E-state index >= 15 is 0 Å². The molecule has 0 unspecified atom stereocenters. The molecule has 1 aliphatic heterocycles. The molecule has 1 N–H and O–H groups in total. The molecule has 0 aliphatic carbocycles. The predicted octanol–water partition coefficient (Wildman–Crippen LogP) is 3.77. The third-order valence-electron chi connectivity index (χ3n) is 4.81. The van der Waals surface area contributed by atoms with Crippen molar-refractivity contribution >= 4 is 34.0 Å². The smallest absolute Gasteiger partial charge is 0.295 e. The van der Waals surface area contributed by atoms with E-state index in [1.807, 2.05) is 0 Å². The molecular weight excluding hydrogens is 461 g/mol. The summed E-state index contributed by atoms with van der Waals surface area (Å²) >= 11 is 6.97. The Morgan fingerprint density at radius 3 is 2.97 bits per heavy atom. The average molecular weight is 480 g/mol. The van der Waals surface area contributed by atoms with Gasteiger partial charge < -0.3 is 14.2 Å². The van der Waals surface area contributed by atoms with Gasteiger partial charge in [0.2, 0.25) is 5.13 Å². The number of nitrogens with one attached hydrogen (secondary N) is 1. The molecular formula is C20H19ClFN5O4S. The molecule has 12 heteroatoms. The number of rotatable bonds is 7. The summed E-state index contributed by atoms with van der Waals surface area (Å²) in [6.45, 7) is 3.58. The van der Waals surface area contributed by atoms with Gasteiger partial charge >= 0.3 is 0 Å². The third kappa shape index (κ3) is 4.79. The van der Waals surface area contributed by atoms with Crippen LogP contribution in [-0.2, 0) is 4.74 Å². The lowest BCUT2D eigenvalue weighted by molar-refractivity contribution is 0.102. The molecule has 0 radical (unpaired) electrons. The minimum Gasteiger partial charge on any atom is -0.494 e. The second-order valence-electron chi connectivity index (χ2n) is 7.05. The molecule has 1 aliphatic rings. The van der Waals surface area contributed by atoms with Crippen LogP contribution in [0.3, 0.4) is 0 Å². The van der Waals surface area contributed by atoms with Crippen molar-refractivity contribution in [3.8, 4) is 22.1 Å². The first kappa shape index (κ1) is 22.3. The summed E-state index contributed by atoms with van der Waals surface area (Å²) in [6.07, 6.45) is 3.58. The lowest BCUT2D eigenvalue weighted by Gasteiger charge is -2.14. The molecule has 9 nitrogen and oxygen atoms in total. The van der Waals surface area contributed by atoms with Crippen LogP contribution in [0.5, 0.6) is 10.9 Å². The fourth-order valence-electron chi connectivity index (χ4n) is 3.19. The summed E-state index contributed by atoms with van der Waals surface area (Å²) in [5.41, 5.74) is 0.961. The maximum atomic E-state index is 14.9. The normalized spacial score (nSPS) is 15.6. The van der Waals surface area contributed by atoms with Crippen LogP contribution in [0.4, 0.5) is 9.52 Å². The van der Waals surface area contributed by atoms with Crippen molar-refractivity contribution in [1.29, 1.82) is 0 Å². The Bertz CT molecular complexity index is 1140. The van der Waals surface area contributed by atoms with Crippen LogP contribution in [0.25, 0.3) is 11.1 Å². The first-order valence-corrected chi connectivity index (χ1v) is 10.9. The van der Waals surface area contributed by atoms with Gasteiger partial charge in [-0.3, -0.25) is 15.1 Å². The number of carbonyl (C=O) groups is 1. The van der Waals surface area contributed by atoms with Gasteiger partial charge in [-0.25, -0.2) is 9.37 Å². The molecule has 4 rings (SSSR count). The zero-order valence-electron chi connectivity index (χ0n) is 17.2. The molecule has 0 saturated carbocycles. The molecule has 0 bridgehead atoms. The van der Waals surface area contributed by atoms with Gasteiger partial charge in [0.25, 0.3) is 11.1 Å². The monoisotopic (exact) mass is 479 g/mol. The summed E-state index contributed by atoms with van der Waals surface area (Å²) in [5.74, 6) is -0.897. The van der Waals surface area contributed by atoms with Crippen molar-refractivity contribution in [2.45, 2.75) is 13.3 Å². The molecule has 3 aromatic heterocycles. The van der Waals surface area contributed by atoms with E-state index in [0.717, 1.165) is 24.4 Å². The minimum atomic E-state index is -0.798. The van der Waals surface area contributed by atoms with Crippen LogP contribution in [0.15, 0.2) is 18.5 Å². The number of aromatic nitrogens is 4. The Labute approximate surface area is 191 Å². The summed E-state index contributed by atoms with van der Waals surface area (Å²) in [6, 6.07) is 1.57. The van der Waals surface area contributed by atoms with Crippen molar-refractivity contribution in [2.24, 2.45) is 5.92 Å². The average Bonchev–Trinajstić information content (AvgIpc) is 3.46. The van der Waals surface area contributed by atoms with Crippen LogP contribution in [-0.4, -0.2) is 53.0 Å². The summed E-state index contributed by atoms with van der Waals surface area (Å²) in [4.78, 5) is 20.9. The number of anilines is 1. The number of amides is 1. The fourth-order valence-corrected chi connectivity index (χ4v) is 3.93. The zero-order chi connectivity index (χ0) is 22.7. The molecule has 4 heterocycles. The summed E-state index contributed by atoms with van der Waals surface area (Å²) in [7, 11) is 1.38. The van der Waals surface area contributed by atoms with E-state index in [0.29, 0.717) is 30.0 Å². The summed E-state index contributed by atoms with van der Waals surface area (Å²) < 4.78 is 31.1. The first-order valence-electron chi connectivity index (χ1n) is 9.66. The highest BCUT2D eigenvalue weighted by Crippen LogP contribution is 2.37. The van der Waals surface area contributed by atoms with Crippen LogP contribution in [0.2, 0.25) is 5.15 Å². The van der Waals surface area contributed by atoms with Gasteiger partial charge in [-0.2, -0.15) is 0 Å². The van der Waals surface area contributed by atoms with Gasteiger partial charge in [0.1, 0.15) is 5.75 Å². The number of methoxy groups -OCH3 is 1. The van der Waals surface area contributed by atoms with Crippen molar-refractivity contribution < 1.29 is 23.4 Å². The van der Waals surface area contributed by atoms with Gasteiger partial charge in [-0.05, 0) is 30.7 Å². The Kier molecular flexibility index (Phi) is 6.77. The van der Waals surface area contributed by atoms with E-state index in [1.54, 1.807) is 13.0 Å². The largest absolute Gasteiger partial charge is 0.494 e. The van der Waals surface area contributed by atoms with Crippen LogP contribution in [0, 0.1) is 18.7 Å². The Morgan fingerprint density at radius 1 is 1.38 bits per heavy atom. The minimum absolute atomic E-state index is 0.0169. The van der Waals surface area contributed by atoms with Crippen molar-refractivity contribution in [1.82, 2.24) is 20.2 Å². The zero-order valence-corrected chi connectivity index (χ0v) is 18.8. The fraction of sp³-hybridized carbons (Fsp3) is 0.350. The number of aryl methyl sites for hydroxylation is 1.